The Morgan fingerprint density at radius 1 is 1.16 bits per heavy atom. The van der Waals surface area contributed by atoms with Crippen molar-refractivity contribution in [1.29, 1.82) is 0 Å². The molecule has 1 heterocycles. The van der Waals surface area contributed by atoms with Crippen molar-refractivity contribution >= 4 is 44.4 Å². The Bertz CT molecular complexity index is 1190. The van der Waals surface area contributed by atoms with Crippen LogP contribution in [0.15, 0.2) is 41.3 Å². The molecule has 3 aromatic rings. The van der Waals surface area contributed by atoms with Gasteiger partial charge in [-0.05, 0) is 42.8 Å². The molecule has 0 aliphatic rings. The van der Waals surface area contributed by atoms with E-state index in [4.69, 9.17) is 11.6 Å². The number of aryl methyl sites for hydroxylation is 1. The lowest BCUT2D eigenvalue weighted by molar-refractivity contribution is 0.251. The van der Waals surface area contributed by atoms with Crippen LogP contribution in [-0.2, 0) is 16.6 Å². The number of amides is 2. The number of urea groups is 1. The third kappa shape index (κ3) is 5.15. The molecule has 0 aliphatic heterocycles. The highest BCUT2D eigenvalue weighted by Gasteiger charge is 2.22. The molecular weight excluding hydrogens is 440 g/mol. The Labute approximate surface area is 186 Å². The number of benzene rings is 2. The molecule has 2 amide bonds. The van der Waals surface area contributed by atoms with E-state index in [1.54, 1.807) is 42.8 Å². The number of aromatic nitrogens is 3. The van der Waals surface area contributed by atoms with Gasteiger partial charge in [0.05, 0.1) is 27.7 Å². The van der Waals surface area contributed by atoms with Crippen LogP contribution in [0.4, 0.5) is 10.5 Å². The van der Waals surface area contributed by atoms with Gasteiger partial charge in [-0.1, -0.05) is 36.7 Å². The predicted octanol–water partition coefficient (Wildman–Crippen LogP) is 3.25. The molecule has 0 spiro atoms. The van der Waals surface area contributed by atoms with Crippen molar-refractivity contribution in [2.45, 2.75) is 32.2 Å². The van der Waals surface area contributed by atoms with Gasteiger partial charge in [0.2, 0.25) is 10.0 Å². The van der Waals surface area contributed by atoms with Gasteiger partial charge in [-0.25, -0.2) is 17.9 Å². The van der Waals surface area contributed by atoms with E-state index >= 15 is 0 Å². The summed E-state index contributed by atoms with van der Waals surface area (Å²) in [5, 5.41) is 14.1. The molecule has 2 N–H and O–H groups in total. The summed E-state index contributed by atoms with van der Waals surface area (Å²) >= 11 is 6.13. The highest BCUT2D eigenvalue weighted by molar-refractivity contribution is 7.89. The van der Waals surface area contributed by atoms with Crippen molar-refractivity contribution in [2.75, 3.05) is 25.0 Å². The molecule has 11 heteroatoms. The van der Waals surface area contributed by atoms with Gasteiger partial charge in [0, 0.05) is 19.6 Å². The van der Waals surface area contributed by atoms with Crippen molar-refractivity contribution in [3.8, 4) is 0 Å². The number of carbonyl (C=O) groups is 1. The second-order valence-electron chi connectivity index (χ2n) is 6.92. The SMILES string of the molecule is CCN(CC)S(=O)(=O)c1ccc2c(c1)nnn2CCNC(=O)Nc1ccc(C)cc1Cl. The maximum atomic E-state index is 12.7. The fourth-order valence-electron chi connectivity index (χ4n) is 3.15. The van der Waals surface area contributed by atoms with E-state index in [9.17, 15) is 13.2 Å². The predicted molar refractivity (Wildman–Crippen MR) is 121 cm³/mol. The fraction of sp³-hybridized carbons (Fsp3) is 0.350. The van der Waals surface area contributed by atoms with Crippen LogP contribution in [0.3, 0.4) is 0 Å². The number of nitrogens with one attached hydrogen (secondary N) is 2. The summed E-state index contributed by atoms with van der Waals surface area (Å²) in [5.74, 6) is 0. The lowest BCUT2D eigenvalue weighted by Crippen LogP contribution is -2.31. The number of fused-ring (bicyclic) bond motifs is 1. The Hall–Kier alpha value is -2.69. The van der Waals surface area contributed by atoms with Crippen LogP contribution in [0.5, 0.6) is 0 Å². The van der Waals surface area contributed by atoms with E-state index in [0.29, 0.717) is 47.9 Å². The first-order valence-corrected chi connectivity index (χ1v) is 11.7. The largest absolute Gasteiger partial charge is 0.336 e. The number of anilines is 1. The molecule has 31 heavy (non-hydrogen) atoms. The highest BCUT2D eigenvalue weighted by atomic mass is 35.5. The Balaban J connectivity index is 1.64. The van der Waals surface area contributed by atoms with E-state index in [1.807, 2.05) is 13.0 Å². The van der Waals surface area contributed by atoms with Crippen LogP contribution in [0, 0.1) is 6.92 Å². The van der Waals surface area contributed by atoms with Crippen molar-refractivity contribution in [1.82, 2.24) is 24.6 Å². The molecule has 0 fully saturated rings. The Kier molecular flexibility index (Phi) is 7.14. The van der Waals surface area contributed by atoms with Crippen molar-refractivity contribution in [2.24, 2.45) is 0 Å². The maximum Gasteiger partial charge on any atom is 0.319 e. The van der Waals surface area contributed by atoms with Gasteiger partial charge in [0.25, 0.3) is 0 Å². The summed E-state index contributed by atoms with van der Waals surface area (Å²) < 4.78 is 28.4. The summed E-state index contributed by atoms with van der Waals surface area (Å²) in [5.41, 5.74) is 2.69. The minimum absolute atomic E-state index is 0.184. The van der Waals surface area contributed by atoms with Gasteiger partial charge in [-0.2, -0.15) is 4.31 Å². The van der Waals surface area contributed by atoms with E-state index in [-0.39, 0.29) is 10.9 Å². The van der Waals surface area contributed by atoms with Crippen LogP contribution >= 0.6 is 11.6 Å². The minimum Gasteiger partial charge on any atom is -0.336 e. The smallest absolute Gasteiger partial charge is 0.319 e. The van der Waals surface area contributed by atoms with E-state index in [2.05, 4.69) is 20.9 Å². The van der Waals surface area contributed by atoms with Crippen molar-refractivity contribution < 1.29 is 13.2 Å². The fourth-order valence-corrected chi connectivity index (χ4v) is 4.91. The number of hydrogen-bond donors (Lipinski definition) is 2. The summed E-state index contributed by atoms with van der Waals surface area (Å²) in [6.45, 7) is 6.97. The van der Waals surface area contributed by atoms with Crippen LogP contribution in [0.1, 0.15) is 19.4 Å². The molecule has 0 unspecified atom stereocenters. The molecule has 9 nitrogen and oxygen atoms in total. The van der Waals surface area contributed by atoms with E-state index < -0.39 is 10.0 Å². The monoisotopic (exact) mass is 464 g/mol. The normalized spacial score (nSPS) is 11.8. The lowest BCUT2D eigenvalue weighted by atomic mass is 10.2. The Morgan fingerprint density at radius 3 is 2.58 bits per heavy atom. The zero-order valence-electron chi connectivity index (χ0n) is 17.6. The van der Waals surface area contributed by atoms with Gasteiger partial charge in [-0.3, -0.25) is 0 Å². The number of nitrogens with zero attached hydrogens (tertiary/aromatic N) is 4. The summed E-state index contributed by atoms with van der Waals surface area (Å²) in [6, 6.07) is 9.74. The first-order chi connectivity index (χ1) is 14.8. The molecule has 0 saturated carbocycles. The van der Waals surface area contributed by atoms with Crippen LogP contribution in [0.2, 0.25) is 5.02 Å². The van der Waals surface area contributed by atoms with Crippen LogP contribution in [-0.4, -0.2) is 53.4 Å². The van der Waals surface area contributed by atoms with Gasteiger partial charge in [0.15, 0.2) is 0 Å². The van der Waals surface area contributed by atoms with Crippen LogP contribution < -0.4 is 10.6 Å². The van der Waals surface area contributed by atoms with Crippen molar-refractivity contribution in [3.63, 3.8) is 0 Å². The molecule has 3 rings (SSSR count). The molecular formula is C20H25ClN6O3S. The van der Waals surface area contributed by atoms with Crippen LogP contribution in [0.25, 0.3) is 11.0 Å². The van der Waals surface area contributed by atoms with E-state index in [1.165, 1.54) is 10.4 Å². The van der Waals surface area contributed by atoms with Gasteiger partial charge >= 0.3 is 6.03 Å². The summed E-state index contributed by atoms with van der Waals surface area (Å²) in [4.78, 5) is 12.3. The topological polar surface area (TPSA) is 109 Å². The summed E-state index contributed by atoms with van der Waals surface area (Å²) in [7, 11) is -3.57. The molecule has 0 radical (unpaired) electrons. The third-order valence-electron chi connectivity index (χ3n) is 4.81. The number of sulfonamides is 1. The first kappa shape index (κ1) is 23.0. The van der Waals surface area contributed by atoms with Gasteiger partial charge in [-0.15, -0.1) is 5.10 Å². The molecule has 0 atom stereocenters. The van der Waals surface area contributed by atoms with Crippen molar-refractivity contribution in [3.05, 3.63) is 47.0 Å². The lowest BCUT2D eigenvalue weighted by Gasteiger charge is -2.18. The number of carbonyl (C=O) groups excluding carboxylic acids is 1. The zero-order chi connectivity index (χ0) is 22.6. The van der Waals surface area contributed by atoms with Gasteiger partial charge in [0.1, 0.15) is 5.52 Å². The second kappa shape index (κ2) is 9.63. The first-order valence-electron chi connectivity index (χ1n) is 9.90. The average molecular weight is 465 g/mol. The molecule has 0 aliphatic carbocycles. The molecule has 2 aromatic carbocycles. The maximum absolute atomic E-state index is 12.7. The zero-order valence-corrected chi connectivity index (χ0v) is 19.2. The number of rotatable bonds is 8. The molecule has 0 saturated heterocycles. The molecule has 1 aromatic heterocycles. The quantitative estimate of drug-likeness (QED) is 0.531. The van der Waals surface area contributed by atoms with E-state index in [0.717, 1.165) is 5.56 Å². The summed E-state index contributed by atoms with van der Waals surface area (Å²) in [6.07, 6.45) is 0. The Morgan fingerprint density at radius 2 is 1.90 bits per heavy atom. The standard InChI is InChI=1S/C20H25ClN6O3S/c1-4-26(5-2)31(29,30)15-7-9-19-18(13-15)24-25-27(19)11-10-22-20(28)23-17-8-6-14(3)12-16(17)21/h6-9,12-13H,4-5,10-11H2,1-3H3,(H2,22,23,28). The average Bonchev–Trinajstić information content (AvgIpc) is 3.13. The molecule has 0 bridgehead atoms. The minimum atomic E-state index is -3.57. The second-order valence-corrected chi connectivity index (χ2v) is 9.26. The highest BCUT2D eigenvalue weighted by Crippen LogP contribution is 2.23. The third-order valence-corrected chi connectivity index (χ3v) is 7.17. The number of halogens is 1. The molecule has 166 valence electrons. The number of hydrogen-bond acceptors (Lipinski definition) is 5. The van der Waals surface area contributed by atoms with Gasteiger partial charge < -0.3 is 10.6 Å².